The average Bonchev–Trinajstić information content (AvgIpc) is 3.12. The van der Waals surface area contributed by atoms with Crippen molar-refractivity contribution < 1.29 is 9.59 Å². The van der Waals surface area contributed by atoms with Gasteiger partial charge in [0.25, 0.3) is 5.91 Å². The Bertz CT molecular complexity index is 695. The van der Waals surface area contributed by atoms with E-state index in [4.69, 9.17) is 0 Å². The van der Waals surface area contributed by atoms with Gasteiger partial charge in [-0.15, -0.1) is 0 Å². The van der Waals surface area contributed by atoms with Gasteiger partial charge >= 0.3 is 6.03 Å². The van der Waals surface area contributed by atoms with Crippen LogP contribution in [0.4, 0.5) is 10.5 Å². The number of para-hydroxylation sites is 1. The number of urea groups is 1. The van der Waals surface area contributed by atoms with Gasteiger partial charge < -0.3 is 5.32 Å². The van der Waals surface area contributed by atoms with Crippen LogP contribution in [-0.4, -0.2) is 27.8 Å². The van der Waals surface area contributed by atoms with Crippen LogP contribution in [-0.2, 0) is 4.79 Å². The van der Waals surface area contributed by atoms with Gasteiger partial charge in [-0.1, -0.05) is 38.5 Å². The Kier molecular flexibility index (Phi) is 3.66. The van der Waals surface area contributed by atoms with E-state index in [0.717, 1.165) is 12.1 Å². The lowest BCUT2D eigenvalue weighted by Crippen LogP contribution is -2.35. The van der Waals surface area contributed by atoms with E-state index < -0.39 is 6.04 Å². The smallest absolute Gasteiger partial charge is 0.325 e. The predicted octanol–water partition coefficient (Wildman–Crippen LogP) is 2.34. The van der Waals surface area contributed by atoms with Gasteiger partial charge in [0.2, 0.25) is 0 Å². The maximum Gasteiger partial charge on any atom is 0.329 e. The third-order valence-electron chi connectivity index (χ3n) is 4.03. The molecule has 3 rings (SSSR count). The summed E-state index contributed by atoms with van der Waals surface area (Å²) in [7, 11) is 0. The standard InChI is InChI=1S/C16H18N4O2/c1-3-11(2)14-15(21)20(16(22)18-14)13-9-17-19(10-13)12-7-5-4-6-8-12/h4-11,14H,3H2,1-2H3,(H,18,22)/t11-,14-/m0/s1. The van der Waals surface area contributed by atoms with Crippen LogP contribution in [0.2, 0.25) is 0 Å². The summed E-state index contributed by atoms with van der Waals surface area (Å²) in [5.41, 5.74) is 1.36. The number of rotatable bonds is 4. The summed E-state index contributed by atoms with van der Waals surface area (Å²) in [6.07, 6.45) is 4.04. The van der Waals surface area contributed by atoms with E-state index in [-0.39, 0.29) is 17.9 Å². The number of benzene rings is 1. The number of amides is 3. The van der Waals surface area contributed by atoms with Gasteiger partial charge in [0.1, 0.15) is 6.04 Å². The van der Waals surface area contributed by atoms with E-state index in [2.05, 4.69) is 10.4 Å². The molecule has 0 bridgehead atoms. The van der Waals surface area contributed by atoms with E-state index in [1.165, 1.54) is 11.1 Å². The fraction of sp³-hybridized carbons (Fsp3) is 0.312. The minimum absolute atomic E-state index is 0.102. The van der Waals surface area contributed by atoms with Crippen LogP contribution in [0, 0.1) is 5.92 Å². The number of carbonyl (C=O) groups excluding carboxylic acids is 2. The van der Waals surface area contributed by atoms with Gasteiger partial charge in [-0.25, -0.2) is 14.4 Å². The van der Waals surface area contributed by atoms with E-state index in [1.807, 2.05) is 44.2 Å². The predicted molar refractivity (Wildman–Crippen MR) is 82.8 cm³/mol. The molecule has 0 unspecified atom stereocenters. The largest absolute Gasteiger partial charge is 0.329 e. The monoisotopic (exact) mass is 298 g/mol. The van der Waals surface area contributed by atoms with Crippen molar-refractivity contribution >= 4 is 17.6 Å². The first kappa shape index (κ1) is 14.3. The van der Waals surface area contributed by atoms with Gasteiger partial charge in [-0.2, -0.15) is 5.10 Å². The SMILES string of the molecule is CC[C@H](C)[C@@H]1NC(=O)N(c2cnn(-c3ccccc3)c2)C1=O. The van der Waals surface area contributed by atoms with Crippen molar-refractivity contribution in [3.8, 4) is 5.69 Å². The number of carbonyl (C=O) groups is 2. The van der Waals surface area contributed by atoms with Gasteiger partial charge in [0, 0.05) is 0 Å². The van der Waals surface area contributed by atoms with Crippen molar-refractivity contribution in [1.82, 2.24) is 15.1 Å². The number of hydrogen-bond donors (Lipinski definition) is 1. The molecule has 0 aliphatic carbocycles. The zero-order valence-electron chi connectivity index (χ0n) is 12.6. The summed E-state index contributed by atoms with van der Waals surface area (Å²) in [4.78, 5) is 25.8. The summed E-state index contributed by atoms with van der Waals surface area (Å²) >= 11 is 0. The van der Waals surface area contributed by atoms with Crippen LogP contribution in [0.25, 0.3) is 5.69 Å². The summed E-state index contributed by atoms with van der Waals surface area (Å²) in [5.74, 6) is -0.113. The highest BCUT2D eigenvalue weighted by molar-refractivity contribution is 6.21. The summed E-state index contributed by atoms with van der Waals surface area (Å²) in [5, 5.41) is 6.99. The molecule has 6 heteroatoms. The van der Waals surface area contributed by atoms with Crippen molar-refractivity contribution in [2.75, 3.05) is 4.90 Å². The normalized spacial score (nSPS) is 19.4. The van der Waals surface area contributed by atoms with Crippen LogP contribution in [0.15, 0.2) is 42.7 Å². The molecule has 114 valence electrons. The fourth-order valence-corrected chi connectivity index (χ4v) is 2.52. The molecule has 1 fully saturated rings. The first-order valence-electron chi connectivity index (χ1n) is 7.36. The number of hydrogen-bond acceptors (Lipinski definition) is 3. The van der Waals surface area contributed by atoms with Crippen LogP contribution in [0.1, 0.15) is 20.3 Å². The molecule has 2 aromatic rings. The fourth-order valence-electron chi connectivity index (χ4n) is 2.52. The first-order valence-corrected chi connectivity index (χ1v) is 7.36. The van der Waals surface area contributed by atoms with Gasteiger partial charge in [-0.05, 0) is 18.1 Å². The molecule has 1 N–H and O–H groups in total. The molecular weight excluding hydrogens is 280 g/mol. The molecule has 1 aromatic carbocycles. The third kappa shape index (κ3) is 2.36. The third-order valence-corrected chi connectivity index (χ3v) is 4.03. The van der Waals surface area contributed by atoms with Crippen LogP contribution in [0.3, 0.4) is 0 Å². The quantitative estimate of drug-likeness (QED) is 0.881. The lowest BCUT2D eigenvalue weighted by Gasteiger charge is -2.15. The maximum absolute atomic E-state index is 12.5. The Labute approximate surface area is 128 Å². The second kappa shape index (κ2) is 5.63. The van der Waals surface area contributed by atoms with Gasteiger partial charge in [0.05, 0.1) is 23.8 Å². The molecule has 1 aliphatic heterocycles. The van der Waals surface area contributed by atoms with Crippen molar-refractivity contribution in [3.05, 3.63) is 42.7 Å². The minimum Gasteiger partial charge on any atom is -0.325 e. The average molecular weight is 298 g/mol. The molecule has 1 aliphatic rings. The highest BCUT2D eigenvalue weighted by Gasteiger charge is 2.41. The van der Waals surface area contributed by atoms with Gasteiger partial charge in [-0.3, -0.25) is 4.79 Å². The molecule has 22 heavy (non-hydrogen) atoms. The second-order valence-electron chi connectivity index (χ2n) is 5.46. The molecule has 0 saturated carbocycles. The van der Waals surface area contributed by atoms with Gasteiger partial charge in [0.15, 0.2) is 0 Å². The maximum atomic E-state index is 12.5. The van der Waals surface area contributed by atoms with Crippen molar-refractivity contribution in [1.29, 1.82) is 0 Å². The molecule has 3 amide bonds. The Hall–Kier alpha value is -2.63. The second-order valence-corrected chi connectivity index (χ2v) is 5.46. The molecule has 1 aromatic heterocycles. The first-order chi connectivity index (χ1) is 10.6. The zero-order chi connectivity index (χ0) is 15.7. The molecule has 0 spiro atoms. The number of nitrogens with zero attached hydrogens (tertiary/aromatic N) is 3. The highest BCUT2D eigenvalue weighted by Crippen LogP contribution is 2.23. The number of nitrogens with one attached hydrogen (secondary N) is 1. The highest BCUT2D eigenvalue weighted by atomic mass is 16.2. The number of aromatic nitrogens is 2. The van der Waals surface area contributed by atoms with Crippen LogP contribution >= 0.6 is 0 Å². The summed E-state index contributed by atoms with van der Waals surface area (Å²) in [6.45, 7) is 3.96. The molecule has 0 radical (unpaired) electrons. The van der Waals surface area contributed by atoms with Crippen LogP contribution in [0.5, 0.6) is 0 Å². The molecule has 6 nitrogen and oxygen atoms in total. The Morgan fingerprint density at radius 1 is 1.23 bits per heavy atom. The Morgan fingerprint density at radius 3 is 2.64 bits per heavy atom. The van der Waals surface area contributed by atoms with E-state index in [1.54, 1.807) is 10.9 Å². The topological polar surface area (TPSA) is 67.2 Å². The van der Waals surface area contributed by atoms with Crippen molar-refractivity contribution in [2.24, 2.45) is 5.92 Å². The molecular formula is C16H18N4O2. The van der Waals surface area contributed by atoms with E-state index >= 15 is 0 Å². The number of imide groups is 1. The zero-order valence-corrected chi connectivity index (χ0v) is 12.6. The van der Waals surface area contributed by atoms with E-state index in [9.17, 15) is 9.59 Å². The summed E-state index contributed by atoms with van der Waals surface area (Å²) in [6, 6.07) is 8.70. The van der Waals surface area contributed by atoms with Crippen LogP contribution < -0.4 is 10.2 Å². The number of anilines is 1. The Balaban J connectivity index is 1.87. The van der Waals surface area contributed by atoms with Crippen molar-refractivity contribution in [3.63, 3.8) is 0 Å². The summed E-state index contributed by atoms with van der Waals surface area (Å²) < 4.78 is 1.65. The lowest BCUT2D eigenvalue weighted by atomic mass is 9.99. The van der Waals surface area contributed by atoms with Crippen molar-refractivity contribution in [2.45, 2.75) is 26.3 Å². The van der Waals surface area contributed by atoms with E-state index in [0.29, 0.717) is 5.69 Å². The Morgan fingerprint density at radius 2 is 1.95 bits per heavy atom. The molecule has 2 heterocycles. The molecule has 2 atom stereocenters. The lowest BCUT2D eigenvalue weighted by molar-refractivity contribution is -0.119. The minimum atomic E-state index is -0.461. The molecule has 1 saturated heterocycles.